The molecule has 108 valence electrons. The second-order valence-electron chi connectivity index (χ2n) is 4.92. The molecule has 1 aliphatic rings. The Hall–Kier alpha value is -2.56. The zero-order valence-corrected chi connectivity index (χ0v) is 11.4. The summed E-state index contributed by atoms with van der Waals surface area (Å²) in [5, 5.41) is 8.61. The monoisotopic (exact) mass is 285 g/mol. The Balaban J connectivity index is 1.75. The number of urea groups is 1. The fourth-order valence-electron chi connectivity index (χ4n) is 2.47. The number of hydrogen-bond donors (Lipinski definition) is 3. The van der Waals surface area contributed by atoms with Gasteiger partial charge in [0.1, 0.15) is 5.82 Å². The highest BCUT2D eigenvalue weighted by Gasteiger charge is 2.14. The lowest BCUT2D eigenvalue weighted by molar-refractivity contribution is 0.262. The Labute approximate surface area is 122 Å². The van der Waals surface area contributed by atoms with Gasteiger partial charge in [-0.2, -0.15) is 0 Å². The van der Waals surface area contributed by atoms with E-state index in [-0.39, 0.29) is 5.69 Å². The largest absolute Gasteiger partial charge is 0.385 e. The molecule has 0 fully saturated rings. The van der Waals surface area contributed by atoms with Gasteiger partial charge in [-0.15, -0.1) is 0 Å². The molecule has 4 nitrogen and oxygen atoms in total. The summed E-state index contributed by atoms with van der Waals surface area (Å²) < 4.78 is 13.5. The predicted octanol–water partition coefficient (Wildman–Crippen LogP) is 3.83. The lowest BCUT2D eigenvalue weighted by Crippen LogP contribution is -2.22. The van der Waals surface area contributed by atoms with Crippen LogP contribution in [0.25, 0.3) is 0 Å². The predicted molar refractivity (Wildman–Crippen MR) is 82.3 cm³/mol. The van der Waals surface area contributed by atoms with Gasteiger partial charge in [-0.25, -0.2) is 9.18 Å². The maximum absolute atomic E-state index is 13.5. The summed E-state index contributed by atoms with van der Waals surface area (Å²) in [6.07, 6.45) is 1.94. The first-order valence-corrected chi connectivity index (χ1v) is 6.92. The number of benzene rings is 2. The third-order valence-corrected chi connectivity index (χ3v) is 3.47. The molecule has 0 saturated heterocycles. The van der Waals surface area contributed by atoms with Crippen molar-refractivity contribution >= 4 is 23.1 Å². The summed E-state index contributed by atoms with van der Waals surface area (Å²) in [5.41, 5.74) is 3.06. The molecule has 3 rings (SSSR count). The number of halogens is 1. The number of anilines is 3. The smallest absolute Gasteiger partial charge is 0.323 e. The molecule has 0 spiro atoms. The summed E-state index contributed by atoms with van der Waals surface area (Å²) in [7, 11) is 0. The molecular formula is C16H16FN3O. The summed E-state index contributed by atoms with van der Waals surface area (Å²) in [4.78, 5) is 12.0. The Morgan fingerprint density at radius 1 is 1.05 bits per heavy atom. The molecule has 21 heavy (non-hydrogen) atoms. The first kappa shape index (κ1) is 13.4. The third kappa shape index (κ3) is 2.97. The summed E-state index contributed by atoms with van der Waals surface area (Å²) >= 11 is 0. The van der Waals surface area contributed by atoms with Gasteiger partial charge in [0, 0.05) is 17.9 Å². The van der Waals surface area contributed by atoms with Crippen LogP contribution in [-0.4, -0.2) is 12.6 Å². The van der Waals surface area contributed by atoms with Crippen LogP contribution in [0.15, 0.2) is 42.5 Å². The van der Waals surface area contributed by atoms with Crippen LogP contribution in [0.4, 0.5) is 26.2 Å². The van der Waals surface area contributed by atoms with E-state index < -0.39 is 11.8 Å². The molecule has 0 aromatic heterocycles. The van der Waals surface area contributed by atoms with Crippen LogP contribution in [0.1, 0.15) is 12.0 Å². The van der Waals surface area contributed by atoms with Crippen molar-refractivity contribution in [1.29, 1.82) is 0 Å². The van der Waals surface area contributed by atoms with E-state index in [4.69, 9.17) is 0 Å². The second kappa shape index (κ2) is 5.83. The maximum atomic E-state index is 13.5. The van der Waals surface area contributed by atoms with E-state index in [2.05, 4.69) is 16.0 Å². The number of amides is 2. The summed E-state index contributed by atoms with van der Waals surface area (Å²) in [5.74, 6) is -0.454. The zero-order chi connectivity index (χ0) is 14.7. The molecule has 0 aliphatic carbocycles. The topological polar surface area (TPSA) is 53.2 Å². The van der Waals surface area contributed by atoms with Gasteiger partial charge in [0.25, 0.3) is 0 Å². The van der Waals surface area contributed by atoms with Gasteiger partial charge in [0.2, 0.25) is 0 Å². The third-order valence-electron chi connectivity index (χ3n) is 3.47. The van der Waals surface area contributed by atoms with E-state index >= 15 is 0 Å². The Morgan fingerprint density at radius 3 is 2.67 bits per heavy atom. The molecule has 1 aliphatic heterocycles. The molecule has 0 bridgehead atoms. The molecule has 0 atom stereocenters. The van der Waals surface area contributed by atoms with Crippen molar-refractivity contribution in [3.8, 4) is 0 Å². The van der Waals surface area contributed by atoms with E-state index in [1.165, 1.54) is 12.1 Å². The average molecular weight is 285 g/mol. The van der Waals surface area contributed by atoms with Gasteiger partial charge in [-0.1, -0.05) is 18.2 Å². The highest BCUT2D eigenvalue weighted by atomic mass is 19.1. The summed E-state index contributed by atoms with van der Waals surface area (Å²) in [6.45, 7) is 0.942. The molecule has 0 saturated carbocycles. The van der Waals surface area contributed by atoms with Crippen molar-refractivity contribution in [3.05, 3.63) is 53.8 Å². The number of nitrogens with one attached hydrogen (secondary N) is 3. The highest BCUT2D eigenvalue weighted by Crippen LogP contribution is 2.29. The molecule has 2 aromatic rings. The zero-order valence-electron chi connectivity index (χ0n) is 11.4. The summed E-state index contributed by atoms with van der Waals surface area (Å²) in [6, 6.07) is 11.4. The van der Waals surface area contributed by atoms with Crippen molar-refractivity contribution in [2.75, 3.05) is 22.5 Å². The number of para-hydroxylation sites is 1. The van der Waals surface area contributed by atoms with E-state index in [0.717, 1.165) is 36.3 Å². The lowest BCUT2D eigenvalue weighted by atomic mass is 10.0. The quantitative estimate of drug-likeness (QED) is 0.785. The molecular weight excluding hydrogens is 269 g/mol. The van der Waals surface area contributed by atoms with Crippen LogP contribution < -0.4 is 16.0 Å². The minimum atomic E-state index is -0.454. The van der Waals surface area contributed by atoms with E-state index in [0.29, 0.717) is 0 Å². The van der Waals surface area contributed by atoms with Gasteiger partial charge >= 0.3 is 6.03 Å². The first-order chi connectivity index (χ1) is 10.2. The highest BCUT2D eigenvalue weighted by molar-refractivity contribution is 6.00. The van der Waals surface area contributed by atoms with Gasteiger partial charge < -0.3 is 16.0 Å². The van der Waals surface area contributed by atoms with Crippen molar-refractivity contribution in [3.63, 3.8) is 0 Å². The van der Waals surface area contributed by atoms with Crippen molar-refractivity contribution in [2.24, 2.45) is 0 Å². The van der Waals surface area contributed by atoms with Crippen LogP contribution in [0, 0.1) is 5.82 Å². The number of fused-ring (bicyclic) bond motifs is 1. The van der Waals surface area contributed by atoms with Gasteiger partial charge in [-0.05, 0) is 42.7 Å². The van der Waals surface area contributed by atoms with E-state index in [9.17, 15) is 9.18 Å². The van der Waals surface area contributed by atoms with Crippen molar-refractivity contribution in [2.45, 2.75) is 12.8 Å². The average Bonchev–Trinajstić information content (AvgIpc) is 2.50. The molecule has 1 heterocycles. The van der Waals surface area contributed by atoms with Gasteiger partial charge in [0.15, 0.2) is 0 Å². The standard InChI is InChI=1S/C16H16FN3O/c17-12-6-1-2-7-15(12)20-16(21)19-14-9-3-8-13-11(14)5-4-10-18-13/h1-3,6-9,18H,4-5,10H2,(H2,19,20,21). The Kier molecular flexibility index (Phi) is 3.73. The maximum Gasteiger partial charge on any atom is 0.323 e. The molecule has 2 amide bonds. The number of carbonyl (C=O) groups is 1. The number of hydrogen-bond acceptors (Lipinski definition) is 2. The van der Waals surface area contributed by atoms with Crippen molar-refractivity contribution in [1.82, 2.24) is 0 Å². The first-order valence-electron chi connectivity index (χ1n) is 6.92. The van der Waals surface area contributed by atoms with Crippen LogP contribution in [-0.2, 0) is 6.42 Å². The number of rotatable bonds is 2. The normalized spacial score (nSPS) is 13.0. The SMILES string of the molecule is O=C(Nc1ccccc1F)Nc1cccc2c1CCCN2. The van der Waals surface area contributed by atoms with E-state index in [1.807, 2.05) is 18.2 Å². The lowest BCUT2D eigenvalue weighted by Gasteiger charge is -2.21. The van der Waals surface area contributed by atoms with Crippen LogP contribution >= 0.6 is 0 Å². The van der Waals surface area contributed by atoms with Crippen LogP contribution in [0.3, 0.4) is 0 Å². The fraction of sp³-hybridized carbons (Fsp3) is 0.188. The van der Waals surface area contributed by atoms with Gasteiger partial charge in [0.05, 0.1) is 5.69 Å². The number of carbonyl (C=O) groups excluding carboxylic acids is 1. The van der Waals surface area contributed by atoms with Gasteiger partial charge in [-0.3, -0.25) is 0 Å². The molecule has 3 N–H and O–H groups in total. The molecule has 0 radical (unpaired) electrons. The second-order valence-corrected chi connectivity index (χ2v) is 4.92. The molecule has 5 heteroatoms. The van der Waals surface area contributed by atoms with Crippen LogP contribution in [0.5, 0.6) is 0 Å². The molecule has 2 aromatic carbocycles. The fourth-order valence-corrected chi connectivity index (χ4v) is 2.47. The minimum Gasteiger partial charge on any atom is -0.385 e. The van der Waals surface area contributed by atoms with Crippen LogP contribution in [0.2, 0.25) is 0 Å². The van der Waals surface area contributed by atoms with Crippen molar-refractivity contribution < 1.29 is 9.18 Å². The Morgan fingerprint density at radius 2 is 1.81 bits per heavy atom. The van der Waals surface area contributed by atoms with E-state index in [1.54, 1.807) is 12.1 Å². The Bertz CT molecular complexity index is 672. The minimum absolute atomic E-state index is 0.165. The molecule has 0 unspecified atom stereocenters.